The Balaban J connectivity index is 1.41. The number of benzene rings is 2. The van der Waals surface area contributed by atoms with Crippen LogP contribution in [0, 0.1) is 0 Å². The molecule has 0 atom stereocenters. The maximum Gasteiger partial charge on any atom is 0.255 e. The first-order valence-electron chi connectivity index (χ1n) is 11.6. The molecule has 0 aliphatic rings. The number of hydrogen-bond acceptors (Lipinski definition) is 6. The molecule has 0 saturated heterocycles. The molecule has 0 fully saturated rings. The van der Waals surface area contributed by atoms with Crippen molar-refractivity contribution in [2.24, 2.45) is 0 Å². The van der Waals surface area contributed by atoms with E-state index in [1.165, 1.54) is 0 Å². The number of nitrogen functional groups attached to an aromatic ring is 1. The van der Waals surface area contributed by atoms with E-state index < -0.39 is 0 Å². The van der Waals surface area contributed by atoms with E-state index in [1.54, 1.807) is 37.4 Å². The minimum Gasteiger partial charge on any atom is -0.438 e. The number of nitrogens with zero attached hydrogens (tertiary/aromatic N) is 3. The van der Waals surface area contributed by atoms with Crippen LogP contribution in [-0.4, -0.2) is 31.4 Å². The number of H-pyrrole nitrogens is 1. The largest absolute Gasteiger partial charge is 0.438 e. The molecule has 2 aromatic carbocycles. The fourth-order valence-corrected chi connectivity index (χ4v) is 4.20. The average Bonchev–Trinajstić information content (AvgIpc) is 3.56. The zero-order valence-electron chi connectivity index (χ0n) is 19.4. The van der Waals surface area contributed by atoms with Crippen molar-refractivity contribution in [1.29, 1.82) is 0 Å². The van der Waals surface area contributed by atoms with E-state index in [1.807, 2.05) is 24.3 Å². The Labute approximate surface area is 201 Å². The Hall–Kier alpha value is -4.40. The van der Waals surface area contributed by atoms with Crippen molar-refractivity contribution >= 4 is 45.2 Å². The highest BCUT2D eigenvalue weighted by Gasteiger charge is 2.17. The first-order chi connectivity index (χ1) is 17.0. The normalized spacial score (nSPS) is 11.3. The Kier molecular flexibility index (Phi) is 6.05. The van der Waals surface area contributed by atoms with Gasteiger partial charge in [-0.05, 0) is 62.2 Å². The van der Waals surface area contributed by atoms with Crippen LogP contribution in [0.5, 0.6) is 0 Å². The Morgan fingerprint density at radius 3 is 2.77 bits per heavy atom. The number of rotatable bonds is 9. The molecule has 0 unspecified atom stereocenters. The Bertz CT molecular complexity index is 1530. The zero-order chi connectivity index (χ0) is 24.4. The van der Waals surface area contributed by atoms with Gasteiger partial charge in [-0.1, -0.05) is 6.42 Å². The van der Waals surface area contributed by atoms with Gasteiger partial charge in [-0.25, -0.2) is 4.98 Å². The molecule has 1 amide bonds. The topological polar surface area (TPSA) is 132 Å². The molecular weight excluding hydrogens is 444 g/mol. The number of Topliss-reactive ketones (excluding diaryl/α,β-unsaturated/α-hetero) is 1. The molecule has 0 spiro atoms. The summed E-state index contributed by atoms with van der Waals surface area (Å²) in [5, 5.41) is 10.8. The highest BCUT2D eigenvalue weighted by Crippen LogP contribution is 2.29. The molecule has 9 heteroatoms. The SMILES string of the molecule is CC(=O)CCCCCn1c(-c2ccc(N)o2)nc2cc(C(=O)Nc3ccc4cn[nH]c4c3)ccc21. The van der Waals surface area contributed by atoms with Crippen molar-refractivity contribution in [3.8, 4) is 11.6 Å². The highest BCUT2D eigenvalue weighted by molar-refractivity contribution is 6.06. The van der Waals surface area contributed by atoms with Gasteiger partial charge < -0.3 is 24.8 Å². The summed E-state index contributed by atoms with van der Waals surface area (Å²) in [5.74, 6) is 1.52. The van der Waals surface area contributed by atoms with Gasteiger partial charge in [-0.3, -0.25) is 9.89 Å². The summed E-state index contributed by atoms with van der Waals surface area (Å²) in [6.07, 6.45) is 5.01. The van der Waals surface area contributed by atoms with E-state index in [0.717, 1.165) is 35.7 Å². The van der Waals surface area contributed by atoms with Crippen LogP contribution in [-0.2, 0) is 11.3 Å². The van der Waals surface area contributed by atoms with Gasteiger partial charge in [-0.15, -0.1) is 0 Å². The molecular formula is C26H26N6O3. The monoisotopic (exact) mass is 470 g/mol. The predicted octanol–water partition coefficient (Wildman–Crippen LogP) is 5.16. The van der Waals surface area contributed by atoms with Crippen LogP contribution in [0.4, 0.5) is 11.6 Å². The van der Waals surface area contributed by atoms with E-state index in [-0.39, 0.29) is 11.7 Å². The van der Waals surface area contributed by atoms with Gasteiger partial charge in [0.15, 0.2) is 17.5 Å². The second-order valence-electron chi connectivity index (χ2n) is 8.63. The lowest BCUT2D eigenvalue weighted by Gasteiger charge is -2.09. The second-order valence-corrected chi connectivity index (χ2v) is 8.63. The fourth-order valence-electron chi connectivity index (χ4n) is 4.20. The summed E-state index contributed by atoms with van der Waals surface area (Å²) >= 11 is 0. The number of aromatic amines is 1. The number of unbranched alkanes of at least 4 members (excludes halogenated alkanes) is 2. The predicted molar refractivity (Wildman–Crippen MR) is 135 cm³/mol. The van der Waals surface area contributed by atoms with Crippen LogP contribution >= 0.6 is 0 Å². The van der Waals surface area contributed by atoms with Crippen molar-refractivity contribution in [2.75, 3.05) is 11.1 Å². The van der Waals surface area contributed by atoms with Crippen LogP contribution < -0.4 is 11.1 Å². The molecule has 3 heterocycles. The number of nitrogens with two attached hydrogens (primary N) is 1. The highest BCUT2D eigenvalue weighted by atomic mass is 16.4. The number of carbonyl (C=O) groups excluding carboxylic acids is 2. The number of anilines is 2. The van der Waals surface area contributed by atoms with Crippen molar-refractivity contribution in [1.82, 2.24) is 19.7 Å². The lowest BCUT2D eigenvalue weighted by molar-refractivity contribution is -0.117. The standard InChI is InChI=1S/C26H26N6O3/c1-16(33)5-3-2-4-12-32-22-9-7-17(13-21(22)30-25(32)23-10-11-24(27)35-23)26(34)29-19-8-6-18-15-28-31-20(18)14-19/h6-11,13-15H,2-5,12,27H2,1H3,(H,28,31)(H,29,34). The van der Waals surface area contributed by atoms with E-state index in [0.29, 0.717) is 47.2 Å². The number of amides is 1. The molecule has 3 aromatic heterocycles. The number of aromatic nitrogens is 4. The number of imidazole rings is 1. The summed E-state index contributed by atoms with van der Waals surface area (Å²) < 4.78 is 7.72. The van der Waals surface area contributed by atoms with Gasteiger partial charge in [0.25, 0.3) is 5.91 Å². The zero-order valence-corrected chi connectivity index (χ0v) is 19.4. The lowest BCUT2D eigenvalue weighted by Crippen LogP contribution is -2.11. The third-order valence-corrected chi connectivity index (χ3v) is 5.97. The summed E-state index contributed by atoms with van der Waals surface area (Å²) in [6, 6.07) is 14.6. The molecule has 5 aromatic rings. The van der Waals surface area contributed by atoms with Crippen LogP contribution in [0.3, 0.4) is 0 Å². The smallest absolute Gasteiger partial charge is 0.255 e. The van der Waals surface area contributed by atoms with Crippen LogP contribution in [0.2, 0.25) is 0 Å². The molecule has 0 saturated carbocycles. The van der Waals surface area contributed by atoms with Gasteiger partial charge in [0.2, 0.25) is 0 Å². The van der Waals surface area contributed by atoms with Crippen molar-refractivity contribution in [2.45, 2.75) is 39.2 Å². The number of furan rings is 1. The second kappa shape index (κ2) is 9.46. The molecule has 35 heavy (non-hydrogen) atoms. The van der Waals surface area contributed by atoms with Gasteiger partial charge in [-0.2, -0.15) is 5.10 Å². The van der Waals surface area contributed by atoms with Gasteiger partial charge in [0.05, 0.1) is 22.7 Å². The first kappa shape index (κ1) is 22.4. The van der Waals surface area contributed by atoms with Crippen LogP contribution in [0.15, 0.2) is 59.1 Å². The molecule has 5 rings (SSSR count). The molecule has 0 aliphatic heterocycles. The maximum atomic E-state index is 13.0. The molecule has 178 valence electrons. The van der Waals surface area contributed by atoms with Crippen LogP contribution in [0.25, 0.3) is 33.5 Å². The number of nitrogens with one attached hydrogen (secondary N) is 2. The van der Waals surface area contributed by atoms with Gasteiger partial charge in [0.1, 0.15) is 5.78 Å². The quantitative estimate of drug-likeness (QED) is 0.255. The summed E-state index contributed by atoms with van der Waals surface area (Å²) in [7, 11) is 0. The minimum atomic E-state index is -0.228. The number of hydrogen-bond donors (Lipinski definition) is 3. The number of ketones is 1. The van der Waals surface area contributed by atoms with Gasteiger partial charge >= 0.3 is 0 Å². The maximum absolute atomic E-state index is 13.0. The van der Waals surface area contributed by atoms with Crippen molar-refractivity contribution in [3.63, 3.8) is 0 Å². The number of aryl methyl sites for hydroxylation is 1. The minimum absolute atomic E-state index is 0.208. The summed E-state index contributed by atoms with van der Waals surface area (Å²) in [6.45, 7) is 2.33. The van der Waals surface area contributed by atoms with Gasteiger partial charge in [0, 0.05) is 35.7 Å². The molecule has 0 bridgehead atoms. The number of carbonyl (C=O) groups is 2. The lowest BCUT2D eigenvalue weighted by atomic mass is 10.1. The Morgan fingerprint density at radius 1 is 1.09 bits per heavy atom. The summed E-state index contributed by atoms with van der Waals surface area (Å²) in [5.41, 5.74) is 9.41. The van der Waals surface area contributed by atoms with E-state index in [4.69, 9.17) is 15.1 Å². The van der Waals surface area contributed by atoms with E-state index >= 15 is 0 Å². The van der Waals surface area contributed by atoms with E-state index in [2.05, 4.69) is 20.1 Å². The van der Waals surface area contributed by atoms with Crippen LogP contribution in [0.1, 0.15) is 43.0 Å². The van der Waals surface area contributed by atoms with Crippen molar-refractivity contribution < 1.29 is 14.0 Å². The first-order valence-corrected chi connectivity index (χ1v) is 11.6. The molecule has 0 radical (unpaired) electrons. The Morgan fingerprint density at radius 2 is 1.97 bits per heavy atom. The number of fused-ring (bicyclic) bond motifs is 2. The average molecular weight is 471 g/mol. The van der Waals surface area contributed by atoms with Crippen molar-refractivity contribution in [3.05, 3.63) is 60.3 Å². The summed E-state index contributed by atoms with van der Waals surface area (Å²) in [4.78, 5) is 29.0. The third-order valence-electron chi connectivity index (χ3n) is 5.97. The fraction of sp³-hybridized carbons (Fsp3) is 0.231. The molecule has 9 nitrogen and oxygen atoms in total. The molecule has 4 N–H and O–H groups in total. The third kappa shape index (κ3) is 4.79. The molecule has 0 aliphatic carbocycles. The van der Waals surface area contributed by atoms with E-state index in [9.17, 15) is 9.59 Å².